The molecule has 1 aromatic heterocycles. The number of nitrogens with two attached hydrogens (primary N) is 1. The van der Waals surface area contributed by atoms with Gasteiger partial charge in [-0.25, -0.2) is 0 Å². The lowest BCUT2D eigenvalue weighted by atomic mass is 10.3. The minimum atomic E-state index is -0.681. The second-order valence-corrected chi connectivity index (χ2v) is 4.37. The van der Waals surface area contributed by atoms with Crippen molar-refractivity contribution in [2.45, 2.75) is 0 Å². The summed E-state index contributed by atoms with van der Waals surface area (Å²) in [4.78, 5) is 21.4. The van der Waals surface area contributed by atoms with Crippen molar-refractivity contribution in [2.75, 3.05) is 12.8 Å². The van der Waals surface area contributed by atoms with Crippen molar-refractivity contribution < 1.29 is 14.4 Å². The number of hydrogen-bond acceptors (Lipinski definition) is 8. The van der Waals surface area contributed by atoms with E-state index in [1.54, 1.807) is 0 Å². The van der Waals surface area contributed by atoms with Gasteiger partial charge in [0.2, 0.25) is 11.7 Å². The van der Waals surface area contributed by atoms with E-state index >= 15 is 0 Å². The Labute approximate surface area is 127 Å². The molecule has 0 saturated heterocycles. The molecule has 2 rings (SSSR count). The lowest BCUT2D eigenvalue weighted by Gasteiger charge is -2.07. The first kappa shape index (κ1) is 15.0. The predicted octanol–water partition coefficient (Wildman–Crippen LogP) is 2.47. The van der Waals surface area contributed by atoms with Gasteiger partial charge in [-0.05, 0) is 0 Å². The van der Waals surface area contributed by atoms with E-state index in [0.29, 0.717) is 0 Å². The van der Waals surface area contributed by atoms with Gasteiger partial charge in [-0.2, -0.15) is 9.97 Å². The summed E-state index contributed by atoms with van der Waals surface area (Å²) in [6, 6.07) is 1.86. The maximum absolute atomic E-state index is 11.0. The molecular weight excluding hydrogens is 325 g/mol. The summed E-state index contributed by atoms with van der Waals surface area (Å²) >= 11 is 11.5. The van der Waals surface area contributed by atoms with E-state index in [1.165, 1.54) is 13.2 Å². The minimum absolute atomic E-state index is 0.0171. The number of nitro benzene ring substituents is 1. The van der Waals surface area contributed by atoms with Crippen LogP contribution in [-0.2, 0) is 0 Å². The van der Waals surface area contributed by atoms with Crippen LogP contribution in [0.1, 0.15) is 0 Å². The van der Waals surface area contributed by atoms with Crippen LogP contribution in [-0.4, -0.2) is 27.0 Å². The Balaban J connectivity index is 2.46. The summed E-state index contributed by atoms with van der Waals surface area (Å²) in [7, 11) is 1.32. The van der Waals surface area contributed by atoms with Crippen LogP contribution in [0.3, 0.4) is 0 Å². The van der Waals surface area contributed by atoms with E-state index in [0.717, 1.165) is 6.07 Å². The van der Waals surface area contributed by atoms with Crippen molar-refractivity contribution >= 4 is 34.8 Å². The van der Waals surface area contributed by atoms with Crippen molar-refractivity contribution in [2.24, 2.45) is 0 Å². The van der Waals surface area contributed by atoms with Crippen LogP contribution in [0.4, 0.5) is 11.6 Å². The number of benzene rings is 1. The zero-order valence-corrected chi connectivity index (χ0v) is 11.9. The molecule has 0 bridgehead atoms. The molecule has 0 radical (unpaired) electrons. The van der Waals surface area contributed by atoms with Crippen LogP contribution in [0, 0.1) is 10.1 Å². The Kier molecular flexibility index (Phi) is 4.24. The number of nitrogen functional groups attached to an aromatic ring is 1. The van der Waals surface area contributed by atoms with Crippen LogP contribution in [0.25, 0.3) is 0 Å². The molecule has 0 amide bonds. The molecule has 9 nitrogen and oxygen atoms in total. The molecule has 21 heavy (non-hydrogen) atoms. The summed E-state index contributed by atoms with van der Waals surface area (Å²) in [5.74, 6) is -0.360. The van der Waals surface area contributed by atoms with Crippen LogP contribution < -0.4 is 15.2 Å². The number of hydrogen-bond donors (Lipinski definition) is 1. The van der Waals surface area contributed by atoms with Gasteiger partial charge in [0.25, 0.3) is 0 Å². The molecule has 0 spiro atoms. The molecule has 2 N–H and O–H groups in total. The maximum Gasteiger partial charge on any atom is 0.330 e. The maximum atomic E-state index is 11.0. The van der Waals surface area contributed by atoms with E-state index in [9.17, 15) is 10.1 Å². The van der Waals surface area contributed by atoms with Gasteiger partial charge in [0.1, 0.15) is 0 Å². The Morgan fingerprint density at radius 1 is 1.19 bits per heavy atom. The Hall–Kier alpha value is -2.39. The fourth-order valence-corrected chi connectivity index (χ4v) is 1.64. The quantitative estimate of drug-likeness (QED) is 0.668. The number of halogens is 2. The second kappa shape index (κ2) is 5.94. The fraction of sp³-hybridized carbons (Fsp3) is 0.100. The fourth-order valence-electron chi connectivity index (χ4n) is 1.33. The van der Waals surface area contributed by atoms with Crippen molar-refractivity contribution in [3.63, 3.8) is 0 Å². The SMILES string of the molecule is COc1nc(N)nc(Oc2cc(Cl)c(Cl)cc2[N+](=O)[O-])n1. The summed E-state index contributed by atoms with van der Waals surface area (Å²) in [5, 5.41) is 11.1. The summed E-state index contributed by atoms with van der Waals surface area (Å²) < 4.78 is 10.0. The van der Waals surface area contributed by atoms with Crippen LogP contribution in [0.2, 0.25) is 10.0 Å². The van der Waals surface area contributed by atoms with E-state index in [1.807, 2.05) is 0 Å². The van der Waals surface area contributed by atoms with E-state index in [2.05, 4.69) is 15.0 Å². The van der Waals surface area contributed by atoms with Crippen molar-refractivity contribution in [3.05, 3.63) is 32.3 Å². The molecule has 0 saturated carbocycles. The third kappa shape index (κ3) is 3.38. The van der Waals surface area contributed by atoms with Gasteiger partial charge in [-0.3, -0.25) is 10.1 Å². The minimum Gasteiger partial charge on any atom is -0.467 e. The van der Waals surface area contributed by atoms with Gasteiger partial charge in [-0.15, -0.1) is 4.98 Å². The Bertz CT molecular complexity index is 712. The lowest BCUT2D eigenvalue weighted by molar-refractivity contribution is -0.385. The van der Waals surface area contributed by atoms with Crippen molar-refractivity contribution in [1.29, 1.82) is 0 Å². The first-order chi connectivity index (χ1) is 9.90. The first-order valence-electron chi connectivity index (χ1n) is 5.27. The topological polar surface area (TPSA) is 126 Å². The van der Waals surface area contributed by atoms with E-state index in [4.69, 9.17) is 38.4 Å². The van der Waals surface area contributed by atoms with Gasteiger partial charge < -0.3 is 15.2 Å². The highest BCUT2D eigenvalue weighted by atomic mass is 35.5. The Morgan fingerprint density at radius 2 is 1.81 bits per heavy atom. The number of anilines is 1. The molecule has 0 unspecified atom stereocenters. The highest BCUT2D eigenvalue weighted by Crippen LogP contribution is 2.37. The molecule has 0 aliphatic carbocycles. The molecule has 0 aliphatic heterocycles. The number of methoxy groups -OCH3 is 1. The number of nitrogens with zero attached hydrogens (tertiary/aromatic N) is 4. The van der Waals surface area contributed by atoms with Gasteiger partial charge in [-0.1, -0.05) is 23.2 Å². The van der Waals surface area contributed by atoms with E-state index in [-0.39, 0.29) is 33.8 Å². The summed E-state index contributed by atoms with van der Waals surface area (Å²) in [5.41, 5.74) is 5.04. The first-order valence-corrected chi connectivity index (χ1v) is 6.03. The van der Waals surface area contributed by atoms with Crippen LogP contribution in [0.15, 0.2) is 12.1 Å². The highest BCUT2D eigenvalue weighted by Gasteiger charge is 2.20. The zero-order valence-electron chi connectivity index (χ0n) is 10.4. The normalized spacial score (nSPS) is 10.2. The molecular formula is C10H7Cl2N5O4. The zero-order chi connectivity index (χ0) is 15.6. The smallest absolute Gasteiger partial charge is 0.330 e. The molecule has 0 fully saturated rings. The summed E-state index contributed by atoms with van der Waals surface area (Å²) in [6.45, 7) is 0. The Morgan fingerprint density at radius 3 is 2.43 bits per heavy atom. The average molecular weight is 332 g/mol. The predicted molar refractivity (Wildman–Crippen MR) is 74.0 cm³/mol. The lowest BCUT2D eigenvalue weighted by Crippen LogP contribution is -2.03. The molecule has 2 aromatic rings. The third-order valence-corrected chi connectivity index (χ3v) is 2.92. The molecule has 0 atom stereocenters. The molecule has 1 heterocycles. The monoisotopic (exact) mass is 331 g/mol. The highest BCUT2D eigenvalue weighted by molar-refractivity contribution is 6.42. The van der Waals surface area contributed by atoms with Crippen molar-refractivity contribution in [1.82, 2.24) is 15.0 Å². The van der Waals surface area contributed by atoms with Gasteiger partial charge in [0.15, 0.2) is 0 Å². The second-order valence-electron chi connectivity index (χ2n) is 3.56. The number of aromatic nitrogens is 3. The standard InChI is InChI=1S/C10H7Cl2N5O4/c1-20-9-14-8(13)15-10(16-9)21-7-3-5(12)4(11)2-6(7)17(18)19/h2-3H,1H3,(H2,13,14,15,16). The summed E-state index contributed by atoms with van der Waals surface area (Å²) in [6.07, 6.45) is 0. The van der Waals surface area contributed by atoms with Gasteiger partial charge >= 0.3 is 17.7 Å². The van der Waals surface area contributed by atoms with E-state index < -0.39 is 10.6 Å². The van der Waals surface area contributed by atoms with Gasteiger partial charge in [0, 0.05) is 12.1 Å². The number of ether oxygens (including phenoxy) is 2. The number of nitro groups is 1. The van der Waals surface area contributed by atoms with Crippen LogP contribution in [0.5, 0.6) is 17.8 Å². The number of rotatable bonds is 4. The molecule has 110 valence electrons. The molecule has 0 aliphatic rings. The largest absolute Gasteiger partial charge is 0.467 e. The average Bonchev–Trinajstić information content (AvgIpc) is 2.41. The molecule has 1 aromatic carbocycles. The van der Waals surface area contributed by atoms with Crippen LogP contribution >= 0.6 is 23.2 Å². The third-order valence-electron chi connectivity index (χ3n) is 2.19. The van der Waals surface area contributed by atoms with Crippen molar-refractivity contribution in [3.8, 4) is 17.8 Å². The van der Waals surface area contributed by atoms with Gasteiger partial charge in [0.05, 0.1) is 22.1 Å². The molecule has 11 heteroatoms.